The number of nitrogens with two attached hydrogens (primary N) is 1. The monoisotopic (exact) mass is 227 g/mol. The van der Waals surface area contributed by atoms with Gasteiger partial charge in [0, 0.05) is 25.0 Å². The van der Waals surface area contributed by atoms with Crippen LogP contribution in [0.2, 0.25) is 0 Å². The van der Waals surface area contributed by atoms with Gasteiger partial charge in [0.05, 0.1) is 5.92 Å². The topological polar surface area (TPSA) is 84.2 Å². The van der Waals surface area contributed by atoms with Crippen LogP contribution in [0.3, 0.4) is 0 Å². The van der Waals surface area contributed by atoms with Crippen molar-refractivity contribution in [1.82, 2.24) is 10.6 Å². The lowest BCUT2D eigenvalue weighted by molar-refractivity contribution is -0.126. The zero-order valence-corrected chi connectivity index (χ0v) is 10.0. The fourth-order valence-electron chi connectivity index (χ4n) is 1.70. The molecule has 1 unspecified atom stereocenters. The smallest absolute Gasteiger partial charge is 0.225 e. The van der Waals surface area contributed by atoms with Crippen LogP contribution in [0.25, 0.3) is 0 Å². The number of carbonyl (C=O) groups excluding carboxylic acids is 2. The molecule has 2 amide bonds. The Bertz CT molecular complexity index is 274. The third-order valence-electron chi connectivity index (χ3n) is 3.37. The third kappa shape index (κ3) is 3.20. The van der Waals surface area contributed by atoms with E-state index < -0.39 is 0 Å². The van der Waals surface area contributed by atoms with E-state index in [4.69, 9.17) is 5.73 Å². The minimum atomic E-state index is -0.328. The van der Waals surface area contributed by atoms with Crippen LogP contribution in [0.5, 0.6) is 0 Å². The van der Waals surface area contributed by atoms with E-state index in [9.17, 15) is 9.59 Å². The number of amides is 2. The zero-order valence-electron chi connectivity index (χ0n) is 10.0. The molecule has 1 saturated heterocycles. The van der Waals surface area contributed by atoms with Gasteiger partial charge in [0.2, 0.25) is 11.8 Å². The summed E-state index contributed by atoms with van der Waals surface area (Å²) in [6, 6.07) is 0. The summed E-state index contributed by atoms with van der Waals surface area (Å²) in [6.07, 6.45) is 1.94. The lowest BCUT2D eigenvalue weighted by atomic mass is 9.94. The van der Waals surface area contributed by atoms with Crippen molar-refractivity contribution in [2.45, 2.75) is 38.6 Å². The number of hydrogen-bond donors (Lipinski definition) is 3. The van der Waals surface area contributed by atoms with Crippen molar-refractivity contribution in [1.29, 1.82) is 0 Å². The van der Waals surface area contributed by atoms with Crippen molar-refractivity contribution in [3.05, 3.63) is 0 Å². The van der Waals surface area contributed by atoms with Crippen molar-refractivity contribution in [3.63, 3.8) is 0 Å². The Hall–Kier alpha value is -1.10. The van der Waals surface area contributed by atoms with Crippen LogP contribution in [-0.2, 0) is 9.59 Å². The lowest BCUT2D eigenvalue weighted by Crippen LogP contribution is -2.50. The Morgan fingerprint density at radius 2 is 2.19 bits per heavy atom. The molecule has 0 saturated carbocycles. The van der Waals surface area contributed by atoms with Crippen LogP contribution >= 0.6 is 0 Å². The quantitative estimate of drug-likeness (QED) is 0.606. The highest BCUT2D eigenvalue weighted by Gasteiger charge is 2.29. The van der Waals surface area contributed by atoms with Crippen LogP contribution in [0.15, 0.2) is 0 Å². The van der Waals surface area contributed by atoms with E-state index in [1.807, 2.05) is 13.8 Å². The van der Waals surface area contributed by atoms with Crippen LogP contribution < -0.4 is 16.4 Å². The minimum absolute atomic E-state index is 0.0508. The number of nitrogens with one attached hydrogen (secondary N) is 2. The first kappa shape index (κ1) is 13.0. The van der Waals surface area contributed by atoms with Gasteiger partial charge < -0.3 is 16.4 Å². The van der Waals surface area contributed by atoms with Crippen molar-refractivity contribution >= 4 is 11.8 Å². The molecule has 0 radical (unpaired) electrons. The standard InChI is InChI=1S/C11H21N3O2/c1-3-11(12,4-2)7-14-10(16)8-5-9(15)13-6-8/h8H,3-7,12H2,1-2H3,(H,13,15)(H,14,16). The van der Waals surface area contributed by atoms with Gasteiger partial charge in [-0.05, 0) is 12.8 Å². The van der Waals surface area contributed by atoms with Crippen LogP contribution in [-0.4, -0.2) is 30.4 Å². The average Bonchev–Trinajstić information content (AvgIpc) is 2.72. The summed E-state index contributed by atoms with van der Waals surface area (Å²) in [6.45, 7) is 4.94. The maximum Gasteiger partial charge on any atom is 0.225 e. The predicted molar refractivity (Wildman–Crippen MR) is 61.6 cm³/mol. The fraction of sp³-hybridized carbons (Fsp3) is 0.818. The molecule has 1 fully saturated rings. The second-order valence-corrected chi connectivity index (χ2v) is 4.49. The highest BCUT2D eigenvalue weighted by atomic mass is 16.2. The second-order valence-electron chi connectivity index (χ2n) is 4.49. The van der Waals surface area contributed by atoms with Crippen molar-refractivity contribution < 1.29 is 9.59 Å². The number of carbonyl (C=O) groups is 2. The Balaban J connectivity index is 2.37. The van der Waals surface area contributed by atoms with E-state index in [0.29, 0.717) is 19.5 Å². The molecule has 5 nitrogen and oxygen atoms in total. The van der Waals surface area contributed by atoms with Gasteiger partial charge in [-0.1, -0.05) is 13.8 Å². The average molecular weight is 227 g/mol. The van der Waals surface area contributed by atoms with E-state index >= 15 is 0 Å². The molecule has 0 aromatic heterocycles. The molecule has 1 aliphatic heterocycles. The molecule has 4 N–H and O–H groups in total. The summed E-state index contributed by atoms with van der Waals surface area (Å²) in [4.78, 5) is 22.7. The van der Waals surface area contributed by atoms with E-state index in [0.717, 1.165) is 12.8 Å². The lowest BCUT2D eigenvalue weighted by Gasteiger charge is -2.27. The first-order valence-corrected chi connectivity index (χ1v) is 5.84. The predicted octanol–water partition coefficient (Wildman–Crippen LogP) is -0.244. The van der Waals surface area contributed by atoms with Crippen molar-refractivity contribution in [2.75, 3.05) is 13.1 Å². The molecular weight excluding hydrogens is 206 g/mol. The second kappa shape index (κ2) is 5.30. The van der Waals surface area contributed by atoms with Crippen molar-refractivity contribution in [3.8, 4) is 0 Å². The summed E-state index contributed by atoms with van der Waals surface area (Å²) in [5.74, 6) is -0.356. The maximum absolute atomic E-state index is 11.7. The zero-order chi connectivity index (χ0) is 12.2. The molecule has 0 aromatic rings. The summed E-state index contributed by atoms with van der Waals surface area (Å²) in [5, 5.41) is 5.48. The molecule has 1 heterocycles. The minimum Gasteiger partial charge on any atom is -0.355 e. The van der Waals surface area contributed by atoms with Crippen LogP contribution in [0, 0.1) is 5.92 Å². The Morgan fingerprint density at radius 1 is 1.56 bits per heavy atom. The molecule has 0 spiro atoms. The van der Waals surface area contributed by atoms with E-state index in [1.165, 1.54) is 0 Å². The van der Waals surface area contributed by atoms with Gasteiger partial charge in [-0.25, -0.2) is 0 Å². The summed E-state index contributed by atoms with van der Waals surface area (Å²) >= 11 is 0. The van der Waals surface area contributed by atoms with Gasteiger partial charge in [-0.3, -0.25) is 9.59 Å². The molecule has 1 atom stereocenters. The fourth-order valence-corrected chi connectivity index (χ4v) is 1.70. The Kier molecular flexibility index (Phi) is 4.29. The molecule has 1 aliphatic rings. The van der Waals surface area contributed by atoms with Gasteiger partial charge in [-0.2, -0.15) is 0 Å². The van der Waals surface area contributed by atoms with Gasteiger partial charge in [0.1, 0.15) is 0 Å². The van der Waals surface area contributed by atoms with Crippen LogP contribution in [0.4, 0.5) is 0 Å². The summed E-state index contributed by atoms with van der Waals surface area (Å²) in [7, 11) is 0. The largest absolute Gasteiger partial charge is 0.355 e. The summed E-state index contributed by atoms with van der Waals surface area (Å²) < 4.78 is 0. The molecule has 1 rings (SSSR count). The van der Waals surface area contributed by atoms with Gasteiger partial charge in [-0.15, -0.1) is 0 Å². The normalized spacial score (nSPS) is 20.7. The Labute approximate surface area is 96.1 Å². The van der Waals surface area contributed by atoms with Gasteiger partial charge >= 0.3 is 0 Å². The third-order valence-corrected chi connectivity index (χ3v) is 3.37. The molecule has 92 valence electrons. The van der Waals surface area contributed by atoms with E-state index in [2.05, 4.69) is 10.6 Å². The van der Waals surface area contributed by atoms with Gasteiger partial charge in [0.15, 0.2) is 0 Å². The molecule has 16 heavy (non-hydrogen) atoms. The molecular formula is C11H21N3O2. The van der Waals surface area contributed by atoms with Gasteiger partial charge in [0.25, 0.3) is 0 Å². The Morgan fingerprint density at radius 3 is 2.62 bits per heavy atom. The van der Waals surface area contributed by atoms with Crippen LogP contribution in [0.1, 0.15) is 33.1 Å². The first-order valence-electron chi connectivity index (χ1n) is 5.84. The van der Waals surface area contributed by atoms with E-state index in [-0.39, 0.29) is 23.3 Å². The molecule has 0 aliphatic carbocycles. The number of rotatable bonds is 5. The highest BCUT2D eigenvalue weighted by Crippen LogP contribution is 2.12. The number of hydrogen-bond acceptors (Lipinski definition) is 3. The SMILES string of the molecule is CCC(N)(CC)CNC(=O)C1CNC(=O)C1. The molecule has 5 heteroatoms. The maximum atomic E-state index is 11.7. The van der Waals surface area contributed by atoms with Crippen molar-refractivity contribution in [2.24, 2.45) is 11.7 Å². The molecule has 0 bridgehead atoms. The first-order chi connectivity index (χ1) is 7.50. The molecule has 0 aromatic carbocycles. The highest BCUT2D eigenvalue weighted by molar-refractivity contribution is 5.89. The van der Waals surface area contributed by atoms with E-state index in [1.54, 1.807) is 0 Å². The summed E-state index contributed by atoms with van der Waals surface area (Å²) in [5.41, 5.74) is 5.75.